The molecule has 0 aliphatic carbocycles. The number of piperazine rings is 1. The molecule has 0 amide bonds. The van der Waals surface area contributed by atoms with Gasteiger partial charge in [0.2, 0.25) is 29.4 Å². The molecule has 0 bridgehead atoms. The van der Waals surface area contributed by atoms with Crippen LogP contribution in [-0.2, 0) is 68.0 Å². The predicted molar refractivity (Wildman–Crippen MR) is 594 cm³/mol. The van der Waals surface area contributed by atoms with Gasteiger partial charge in [-0.1, -0.05) is 260 Å². The highest BCUT2D eigenvalue weighted by atomic mass is 32.2. The molecular formula is C118H188N10O14S. The van der Waals surface area contributed by atoms with Gasteiger partial charge in [-0.05, 0) is 214 Å². The SMILES string of the molecule is CC(C)(C)c1ccc(OCCCS(C)(=O)=O)nc1.CC(C)(C)c1cccc(N2CCN(CCO)CC2)c1.CC(C)(C)c1cccc(OCCO)c1.CC(C)(CO)Oc1cccc(C(C)(C)C)c1.CC(C)Oc1ccc(C(C)(C)C)cn1.CN1CCC(COc2ccc(C(C)(C)C)cn2)CC1.COCCN(C)c1ccc(C(C)(C)C)cn1.COCCOc1ccc(C(C)(C)C)cn1.[2H]C([2H])([2H])Oc1ccc(C(C)(C)C)cn1. The molecule has 9 aromatic rings. The molecule has 0 spiro atoms. The number of nitrogens with zero attached hydrogens (tertiary/aromatic N) is 10. The van der Waals surface area contributed by atoms with Gasteiger partial charge in [0.25, 0.3) is 0 Å². The minimum atomic E-state index is -2.91. The summed E-state index contributed by atoms with van der Waals surface area (Å²) in [5.74, 6) is 6.23. The van der Waals surface area contributed by atoms with Crippen molar-refractivity contribution in [2.45, 2.75) is 294 Å². The maximum Gasteiger partial charge on any atom is 0.213 e. The number of pyridine rings is 6. The van der Waals surface area contributed by atoms with Crippen molar-refractivity contribution in [2.24, 2.45) is 5.92 Å². The molecule has 2 aliphatic rings. The number of hydrogen-bond acceptors (Lipinski definition) is 24. The van der Waals surface area contributed by atoms with E-state index in [1.165, 1.54) is 76.8 Å². The van der Waals surface area contributed by atoms with Gasteiger partial charge in [-0.25, -0.2) is 38.3 Å². The fraction of sp³-hybridized carbons (Fsp3) is 0.593. The van der Waals surface area contributed by atoms with Gasteiger partial charge in [0.1, 0.15) is 46.0 Å². The van der Waals surface area contributed by atoms with Gasteiger partial charge in [-0.15, -0.1) is 0 Å². The van der Waals surface area contributed by atoms with E-state index < -0.39 is 22.5 Å². The lowest BCUT2D eigenvalue weighted by Gasteiger charge is -2.36. The molecule has 2 saturated heterocycles. The van der Waals surface area contributed by atoms with E-state index in [0.717, 1.165) is 86.8 Å². The number of anilines is 2. The molecule has 2 aliphatic heterocycles. The minimum Gasteiger partial charge on any atom is -0.491 e. The van der Waals surface area contributed by atoms with Gasteiger partial charge in [0, 0.05) is 140 Å². The molecule has 0 atom stereocenters. The molecule has 800 valence electrons. The molecule has 24 nitrogen and oxygen atoms in total. The Bertz CT molecular complexity index is 5170. The van der Waals surface area contributed by atoms with E-state index in [1.54, 1.807) is 32.7 Å². The summed E-state index contributed by atoms with van der Waals surface area (Å²) in [6.07, 6.45) is 15.4. The van der Waals surface area contributed by atoms with E-state index in [-0.39, 0.29) is 86.3 Å². The molecule has 0 radical (unpaired) electrons. The first kappa shape index (κ1) is 122. The van der Waals surface area contributed by atoms with Gasteiger partial charge in [-0.2, -0.15) is 0 Å². The number of hydrogen-bond donors (Lipinski definition) is 3. The van der Waals surface area contributed by atoms with E-state index in [2.05, 4.69) is 315 Å². The Morgan fingerprint density at radius 1 is 0.420 bits per heavy atom. The van der Waals surface area contributed by atoms with Crippen LogP contribution in [0.5, 0.6) is 40.9 Å². The summed E-state index contributed by atoms with van der Waals surface area (Å²) in [6.45, 7) is 78.2. The lowest BCUT2D eigenvalue weighted by atomic mass is 9.87. The van der Waals surface area contributed by atoms with Crippen molar-refractivity contribution in [3.8, 4) is 40.9 Å². The fourth-order valence-electron chi connectivity index (χ4n) is 13.4. The molecule has 143 heavy (non-hydrogen) atoms. The molecule has 0 unspecified atom stereocenters. The Kier molecular flexibility index (Phi) is 51.7. The molecule has 0 saturated carbocycles. The van der Waals surface area contributed by atoms with Crippen LogP contribution in [0.15, 0.2) is 183 Å². The van der Waals surface area contributed by atoms with E-state index in [9.17, 15) is 8.42 Å². The number of aliphatic hydroxyl groups is 3. The number of piperidine rings is 1. The van der Waals surface area contributed by atoms with Gasteiger partial charge in [0.15, 0.2) is 0 Å². The summed E-state index contributed by atoms with van der Waals surface area (Å²) >= 11 is 0. The van der Waals surface area contributed by atoms with E-state index in [1.807, 2.05) is 132 Å². The van der Waals surface area contributed by atoms with Crippen LogP contribution in [-0.4, -0.2) is 234 Å². The molecule has 3 N–H and O–H groups in total. The summed E-state index contributed by atoms with van der Waals surface area (Å²) in [4.78, 5) is 34.8. The van der Waals surface area contributed by atoms with E-state index in [4.69, 9.17) is 57.3 Å². The Morgan fingerprint density at radius 2 is 0.804 bits per heavy atom. The van der Waals surface area contributed by atoms with Crippen molar-refractivity contribution in [3.05, 3.63) is 233 Å². The normalized spacial score (nSPS) is 13.9. The number of β-amino-alcohol motifs (C(OH)–C–C–N with tert-alkyl or cyclic N) is 1. The second-order valence-electron chi connectivity index (χ2n) is 46.7. The third-order valence-electron chi connectivity index (χ3n) is 23.3. The summed E-state index contributed by atoms with van der Waals surface area (Å²) in [5.41, 5.74) is 12.9. The van der Waals surface area contributed by atoms with E-state index >= 15 is 0 Å². The summed E-state index contributed by atoms with van der Waals surface area (Å²) in [7, 11) is 2.24. The number of ether oxygens (including phenoxy) is 9. The van der Waals surface area contributed by atoms with Crippen LogP contribution in [0.4, 0.5) is 11.5 Å². The Hall–Kier alpha value is -9.57. The van der Waals surface area contributed by atoms with Gasteiger partial charge < -0.3 is 72.7 Å². The maximum atomic E-state index is 10.9. The molecule has 8 heterocycles. The lowest BCUT2D eigenvalue weighted by Crippen LogP contribution is -2.47. The molecule has 3 aromatic carbocycles. The fourth-order valence-corrected chi connectivity index (χ4v) is 14.1. The lowest BCUT2D eigenvalue weighted by molar-refractivity contribution is 0.0411. The highest BCUT2D eigenvalue weighted by Gasteiger charge is 2.26. The van der Waals surface area contributed by atoms with Gasteiger partial charge in [0.05, 0.1) is 69.3 Å². The number of benzene rings is 3. The highest BCUT2D eigenvalue weighted by molar-refractivity contribution is 7.90. The Labute approximate surface area is 869 Å². The molecule has 2 fully saturated rings. The molecule has 25 heteroatoms. The number of sulfone groups is 1. The number of methoxy groups -OCH3 is 3. The average molecular weight is 2010 g/mol. The zero-order chi connectivity index (χ0) is 111. The smallest absolute Gasteiger partial charge is 0.213 e. The molecule has 6 aromatic heterocycles. The van der Waals surface area contributed by atoms with Gasteiger partial charge in [-0.3, -0.25) is 4.90 Å². The van der Waals surface area contributed by atoms with Crippen molar-refractivity contribution >= 4 is 21.3 Å². The molecule has 11 rings (SSSR count). The Morgan fingerprint density at radius 3 is 1.17 bits per heavy atom. The summed E-state index contributed by atoms with van der Waals surface area (Å²) in [5, 5.41) is 26.8. The number of likely N-dealkylation sites (tertiary alicyclic amines) is 1. The topological polar surface area (TPSA) is 268 Å². The zero-order valence-corrected chi connectivity index (χ0v) is 95.4. The summed E-state index contributed by atoms with van der Waals surface area (Å²) in [6, 6.07) is 48.4. The van der Waals surface area contributed by atoms with Crippen LogP contribution in [0.1, 0.15) is 288 Å². The number of aromatic nitrogens is 6. The largest absolute Gasteiger partial charge is 0.491 e. The van der Waals surface area contributed by atoms with Crippen LogP contribution in [0.2, 0.25) is 0 Å². The number of rotatable bonds is 28. The third-order valence-corrected chi connectivity index (χ3v) is 24.3. The quantitative estimate of drug-likeness (QED) is 0.0385. The Balaban J connectivity index is 0.000000423. The second kappa shape index (κ2) is 60.5. The van der Waals surface area contributed by atoms with Crippen molar-refractivity contribution in [1.82, 2.24) is 39.7 Å². The first-order valence-corrected chi connectivity index (χ1v) is 52.6. The first-order valence-electron chi connectivity index (χ1n) is 52.0. The minimum absolute atomic E-state index is 0.00547. The zero-order valence-electron chi connectivity index (χ0n) is 97.5. The third kappa shape index (κ3) is 53.4. The predicted octanol–water partition coefficient (Wildman–Crippen LogP) is 23.3. The second-order valence-corrected chi connectivity index (χ2v) is 49.0. The standard InChI is InChI=1S/2C16H26N2O.C14H22O2.C13H22N2O.C13H21NO3S.C12H19NO2.C12H19NO.C12H18O2.C10H15NO/c1-16(2,3)14-5-6-15(17-11-14)19-12-13-7-9-18(4)10-8-13;1-16(2,3)14-5-4-6-15(13-14)18-9-7-17(8-10-18)11-12-19;1-13(2,3)11-7-6-8-12(9-11)16-14(4,5)10-15;1-13(2,3)11-6-7-12(14-10-11)15(4)8-9-16-5;1-13(2,3)11-6-7-12(14-10-11)17-8-5-9-18(4,15)16;1-12(2,3)10-5-6-11(13-9-10)15-8-7-14-4;1-9(2)14-11-7-6-10(8-13-11)12(3,4)5;1-12(2,3)10-5-4-6-11(9-10)14-8-7-13;1-10(2,3)8-5-6-9(12-4)11-7-8/h5-6,11,13H,7-10,12H2,1-4H3;4-6,13,19H,7-12H2,1-3H3;6-9,15H,10H2,1-5H3;6-7,10H,8-9H2,1-5H3;6-7,10H,5,8-9H2,1-4H3;5-6,9H,7-8H2,1-4H3;6-9H,1-5H3;4-6,9,13H,7-8H2,1-3H3;5-7H,1-4H3/i;;;;;;;;4D3. The summed E-state index contributed by atoms with van der Waals surface area (Å²) < 4.78 is 90.3. The highest BCUT2D eigenvalue weighted by Crippen LogP contribution is 2.34. The average Bonchev–Trinajstić information content (AvgIpc) is 0.821. The van der Waals surface area contributed by atoms with Gasteiger partial charge >= 0.3 is 0 Å². The van der Waals surface area contributed by atoms with Crippen LogP contribution in [0.25, 0.3) is 0 Å². The number of likely N-dealkylation sites (N-methyl/N-ethyl adjacent to an activating group) is 1. The monoisotopic (exact) mass is 2000 g/mol. The molecular weight excluding hydrogens is 1810 g/mol. The van der Waals surface area contributed by atoms with Crippen molar-refractivity contribution in [1.29, 1.82) is 0 Å². The maximum absolute atomic E-state index is 10.9. The van der Waals surface area contributed by atoms with Crippen molar-refractivity contribution in [2.75, 3.05) is 169 Å². The first-order chi connectivity index (χ1) is 67.5. The van der Waals surface area contributed by atoms with E-state index in [0.29, 0.717) is 56.4 Å². The van der Waals surface area contributed by atoms with Crippen molar-refractivity contribution < 1.29 is 70.5 Å². The van der Waals surface area contributed by atoms with Crippen LogP contribution >= 0.6 is 0 Å². The van der Waals surface area contributed by atoms with Crippen LogP contribution in [0, 0.1) is 5.92 Å². The van der Waals surface area contributed by atoms with Crippen molar-refractivity contribution in [3.63, 3.8) is 0 Å². The number of aliphatic hydroxyl groups excluding tert-OH is 3. The van der Waals surface area contributed by atoms with Crippen LogP contribution < -0.4 is 43.0 Å². The van der Waals surface area contributed by atoms with Crippen LogP contribution in [0.3, 0.4) is 0 Å².